The van der Waals surface area contributed by atoms with Crippen molar-refractivity contribution in [3.05, 3.63) is 41.0 Å². The second-order valence-corrected chi connectivity index (χ2v) is 7.76. The van der Waals surface area contributed by atoms with Crippen LogP contribution in [0.25, 0.3) is 0 Å². The molecule has 28 heavy (non-hydrogen) atoms. The summed E-state index contributed by atoms with van der Waals surface area (Å²) < 4.78 is 7.70. The fourth-order valence-corrected chi connectivity index (χ4v) is 4.29. The summed E-state index contributed by atoms with van der Waals surface area (Å²) in [6, 6.07) is 6.01. The minimum Gasteiger partial charge on any atom is -0.496 e. The molecule has 1 atom stereocenters. The van der Waals surface area contributed by atoms with E-state index in [1.165, 1.54) is 6.42 Å². The zero-order valence-electron chi connectivity index (χ0n) is 16.8. The summed E-state index contributed by atoms with van der Waals surface area (Å²) in [5.41, 5.74) is 2.12. The third kappa shape index (κ3) is 3.70. The molecule has 1 unspecified atom stereocenters. The van der Waals surface area contributed by atoms with Crippen molar-refractivity contribution in [1.82, 2.24) is 25.0 Å². The average Bonchev–Trinajstić information content (AvgIpc) is 3.16. The largest absolute Gasteiger partial charge is 0.496 e. The zero-order chi connectivity index (χ0) is 19.5. The van der Waals surface area contributed by atoms with Crippen LogP contribution in [0.5, 0.6) is 5.75 Å². The van der Waals surface area contributed by atoms with E-state index in [2.05, 4.69) is 20.1 Å². The van der Waals surface area contributed by atoms with Crippen LogP contribution in [-0.4, -0.2) is 39.4 Å². The summed E-state index contributed by atoms with van der Waals surface area (Å²) in [6.07, 6.45) is 6.40. The number of nitrogens with zero attached hydrogens (tertiary/aromatic N) is 4. The second kappa shape index (κ2) is 8.20. The van der Waals surface area contributed by atoms with Crippen molar-refractivity contribution in [2.75, 3.05) is 13.7 Å². The number of carbonyl (C=O) groups is 1. The molecule has 150 valence electrons. The first kappa shape index (κ1) is 18.8. The minimum atomic E-state index is -0.0412. The van der Waals surface area contributed by atoms with Gasteiger partial charge in [-0.1, -0.05) is 12.1 Å². The number of nitrogens with one attached hydrogen (secondary N) is 1. The molecule has 1 aromatic heterocycles. The quantitative estimate of drug-likeness (QED) is 0.879. The van der Waals surface area contributed by atoms with Gasteiger partial charge in [-0.2, -0.15) is 0 Å². The number of hydrogen-bond acceptors (Lipinski definition) is 4. The van der Waals surface area contributed by atoms with E-state index in [1.54, 1.807) is 7.11 Å². The Labute approximate surface area is 166 Å². The normalized spacial score (nSPS) is 19.2. The van der Waals surface area contributed by atoms with Crippen LogP contribution in [-0.2, 0) is 19.5 Å². The molecule has 1 fully saturated rings. The lowest BCUT2D eigenvalue weighted by atomic mass is 10.0. The lowest BCUT2D eigenvalue weighted by Crippen LogP contribution is -2.45. The number of urea groups is 1. The van der Waals surface area contributed by atoms with Crippen LogP contribution < -0.4 is 10.1 Å². The van der Waals surface area contributed by atoms with Crippen molar-refractivity contribution in [1.29, 1.82) is 0 Å². The zero-order valence-corrected chi connectivity index (χ0v) is 16.8. The smallest absolute Gasteiger partial charge is 0.318 e. The molecule has 0 radical (unpaired) electrons. The summed E-state index contributed by atoms with van der Waals surface area (Å²) in [6.45, 7) is 4.19. The fraction of sp³-hybridized carbons (Fsp3) is 0.571. The van der Waals surface area contributed by atoms with Crippen molar-refractivity contribution in [2.45, 2.75) is 64.6 Å². The van der Waals surface area contributed by atoms with Crippen LogP contribution >= 0.6 is 0 Å². The Balaban J connectivity index is 1.49. The van der Waals surface area contributed by atoms with Gasteiger partial charge in [0.15, 0.2) is 5.82 Å². The maximum absolute atomic E-state index is 13.0. The number of piperidine rings is 1. The van der Waals surface area contributed by atoms with Crippen LogP contribution in [0, 0.1) is 6.92 Å². The van der Waals surface area contributed by atoms with Gasteiger partial charge in [-0.15, -0.1) is 10.2 Å². The van der Waals surface area contributed by atoms with Crippen molar-refractivity contribution < 1.29 is 9.53 Å². The van der Waals surface area contributed by atoms with Crippen LogP contribution in [0.1, 0.15) is 60.9 Å². The van der Waals surface area contributed by atoms with E-state index >= 15 is 0 Å². The molecule has 1 saturated heterocycles. The monoisotopic (exact) mass is 383 g/mol. The molecule has 3 heterocycles. The first-order chi connectivity index (χ1) is 13.7. The van der Waals surface area contributed by atoms with E-state index in [0.29, 0.717) is 6.54 Å². The topological polar surface area (TPSA) is 72.3 Å². The summed E-state index contributed by atoms with van der Waals surface area (Å²) >= 11 is 0. The molecule has 4 rings (SSSR count). The molecule has 1 aromatic carbocycles. The van der Waals surface area contributed by atoms with Gasteiger partial charge in [-0.3, -0.25) is 0 Å². The van der Waals surface area contributed by atoms with Crippen LogP contribution in [0.3, 0.4) is 0 Å². The number of amides is 2. The Kier molecular flexibility index (Phi) is 5.50. The molecular formula is C21H29N5O2. The highest BCUT2D eigenvalue weighted by molar-refractivity contribution is 5.75. The molecule has 0 bridgehead atoms. The van der Waals surface area contributed by atoms with E-state index in [4.69, 9.17) is 4.74 Å². The molecular weight excluding hydrogens is 354 g/mol. The summed E-state index contributed by atoms with van der Waals surface area (Å²) in [4.78, 5) is 15.0. The number of rotatable bonds is 4. The molecule has 0 spiro atoms. The maximum Gasteiger partial charge on any atom is 0.318 e. The third-order valence-corrected chi connectivity index (χ3v) is 5.82. The summed E-state index contributed by atoms with van der Waals surface area (Å²) in [5, 5.41) is 12.0. The van der Waals surface area contributed by atoms with Gasteiger partial charge < -0.3 is 19.5 Å². The van der Waals surface area contributed by atoms with Crippen LogP contribution in [0.15, 0.2) is 18.2 Å². The molecule has 0 saturated carbocycles. The first-order valence-electron chi connectivity index (χ1n) is 10.3. The predicted molar refractivity (Wildman–Crippen MR) is 106 cm³/mol. The van der Waals surface area contributed by atoms with Crippen molar-refractivity contribution in [3.8, 4) is 5.75 Å². The van der Waals surface area contributed by atoms with Crippen molar-refractivity contribution in [2.24, 2.45) is 0 Å². The summed E-state index contributed by atoms with van der Waals surface area (Å²) in [7, 11) is 1.66. The maximum atomic E-state index is 13.0. The van der Waals surface area contributed by atoms with E-state index in [9.17, 15) is 4.79 Å². The van der Waals surface area contributed by atoms with Gasteiger partial charge >= 0.3 is 6.03 Å². The highest BCUT2D eigenvalue weighted by atomic mass is 16.5. The van der Waals surface area contributed by atoms with Crippen molar-refractivity contribution >= 4 is 6.03 Å². The highest BCUT2D eigenvalue weighted by Crippen LogP contribution is 2.31. The molecule has 7 nitrogen and oxygen atoms in total. The minimum absolute atomic E-state index is 0.00742. The van der Waals surface area contributed by atoms with E-state index in [-0.39, 0.29) is 12.1 Å². The van der Waals surface area contributed by atoms with Gasteiger partial charge in [0.05, 0.1) is 13.2 Å². The molecule has 0 aliphatic carbocycles. The SMILES string of the molecule is COc1cc(C)ccc1CNC(=O)N1CCCCC1c1nnc2n1CCCC2. The molecule has 1 N–H and O–H groups in total. The lowest BCUT2D eigenvalue weighted by molar-refractivity contribution is 0.144. The number of methoxy groups -OCH3 is 1. The molecule has 2 aliphatic rings. The Bertz CT molecular complexity index is 847. The Hall–Kier alpha value is -2.57. The lowest BCUT2D eigenvalue weighted by Gasteiger charge is -2.35. The third-order valence-electron chi connectivity index (χ3n) is 5.82. The number of aromatic nitrogens is 3. The van der Waals surface area contributed by atoms with Gasteiger partial charge in [-0.05, 0) is 50.7 Å². The van der Waals surface area contributed by atoms with Gasteiger partial charge in [0.1, 0.15) is 11.6 Å². The molecule has 2 amide bonds. The Morgan fingerprint density at radius 1 is 1.21 bits per heavy atom. The molecule has 7 heteroatoms. The number of ether oxygens (including phenoxy) is 1. The van der Waals surface area contributed by atoms with E-state index in [1.807, 2.05) is 30.0 Å². The number of benzene rings is 1. The molecule has 2 aliphatic heterocycles. The molecule has 2 aromatic rings. The van der Waals surface area contributed by atoms with Gasteiger partial charge in [-0.25, -0.2) is 4.79 Å². The Morgan fingerprint density at radius 3 is 2.93 bits per heavy atom. The Morgan fingerprint density at radius 2 is 2.07 bits per heavy atom. The first-order valence-corrected chi connectivity index (χ1v) is 10.3. The highest BCUT2D eigenvalue weighted by Gasteiger charge is 2.33. The predicted octanol–water partition coefficient (Wildman–Crippen LogP) is 3.37. The number of carbonyl (C=O) groups excluding carboxylic acids is 1. The number of aryl methyl sites for hydroxylation is 2. The standard InChI is InChI=1S/C21H29N5O2/c1-15-9-10-16(18(13-15)28-2)14-22-21(27)25-11-5-3-7-17(25)20-24-23-19-8-4-6-12-26(19)20/h9-10,13,17H,3-8,11-12,14H2,1-2H3,(H,22,27). The fourth-order valence-electron chi connectivity index (χ4n) is 4.29. The van der Waals surface area contributed by atoms with Crippen LogP contribution in [0.4, 0.5) is 4.79 Å². The van der Waals surface area contributed by atoms with Crippen LogP contribution in [0.2, 0.25) is 0 Å². The number of hydrogen-bond donors (Lipinski definition) is 1. The van der Waals surface area contributed by atoms with Gasteiger partial charge in [0, 0.05) is 31.6 Å². The van der Waals surface area contributed by atoms with E-state index in [0.717, 1.165) is 73.7 Å². The average molecular weight is 383 g/mol. The van der Waals surface area contributed by atoms with E-state index < -0.39 is 0 Å². The number of likely N-dealkylation sites (tertiary alicyclic amines) is 1. The van der Waals surface area contributed by atoms with Gasteiger partial charge in [0.25, 0.3) is 0 Å². The number of fused-ring (bicyclic) bond motifs is 1. The van der Waals surface area contributed by atoms with Crippen molar-refractivity contribution in [3.63, 3.8) is 0 Å². The summed E-state index contributed by atoms with van der Waals surface area (Å²) in [5.74, 6) is 2.83. The second-order valence-electron chi connectivity index (χ2n) is 7.76. The van der Waals surface area contributed by atoms with Gasteiger partial charge in [0.2, 0.25) is 0 Å².